The lowest BCUT2D eigenvalue weighted by atomic mass is 9.94. The van der Waals surface area contributed by atoms with Crippen molar-refractivity contribution in [2.45, 2.75) is 33.1 Å². The SMILES string of the molecule is C=C1C(=O)CCCC1=O.CC. The smallest absolute Gasteiger partial charge is 0.165 e. The predicted molar refractivity (Wildman–Crippen MR) is 44.4 cm³/mol. The Kier molecular flexibility index (Phi) is 4.42. The highest BCUT2D eigenvalue weighted by molar-refractivity contribution is 6.21. The summed E-state index contributed by atoms with van der Waals surface area (Å²) < 4.78 is 0. The molecule has 0 aromatic carbocycles. The van der Waals surface area contributed by atoms with Gasteiger partial charge in [-0.2, -0.15) is 0 Å². The van der Waals surface area contributed by atoms with Crippen molar-refractivity contribution in [2.75, 3.05) is 0 Å². The molecule has 0 radical (unpaired) electrons. The van der Waals surface area contributed by atoms with Crippen LogP contribution in [0.4, 0.5) is 0 Å². The zero-order chi connectivity index (χ0) is 8.85. The molecule has 1 fully saturated rings. The fourth-order valence-electron chi connectivity index (χ4n) is 0.867. The van der Waals surface area contributed by atoms with Gasteiger partial charge in [-0.15, -0.1) is 0 Å². The van der Waals surface area contributed by atoms with Gasteiger partial charge in [-0.3, -0.25) is 9.59 Å². The first-order valence-corrected chi connectivity index (χ1v) is 3.97. The average Bonchev–Trinajstić information content (AvgIpc) is 2.04. The average molecular weight is 154 g/mol. The molecule has 1 saturated carbocycles. The first-order chi connectivity index (χ1) is 5.22. The van der Waals surface area contributed by atoms with Gasteiger partial charge in [0, 0.05) is 12.8 Å². The van der Waals surface area contributed by atoms with Crippen LogP contribution in [0.5, 0.6) is 0 Å². The number of hydrogen-bond acceptors (Lipinski definition) is 2. The van der Waals surface area contributed by atoms with Gasteiger partial charge in [0.05, 0.1) is 5.57 Å². The molecule has 0 N–H and O–H groups in total. The summed E-state index contributed by atoms with van der Waals surface area (Å²) in [7, 11) is 0. The summed E-state index contributed by atoms with van der Waals surface area (Å²) >= 11 is 0. The number of ketones is 2. The van der Waals surface area contributed by atoms with Crippen LogP contribution >= 0.6 is 0 Å². The highest BCUT2D eigenvalue weighted by atomic mass is 16.1. The Morgan fingerprint density at radius 2 is 1.45 bits per heavy atom. The summed E-state index contributed by atoms with van der Waals surface area (Å²) in [4.78, 5) is 21.4. The minimum Gasteiger partial charge on any atom is -0.294 e. The quantitative estimate of drug-likeness (QED) is 0.394. The van der Waals surface area contributed by atoms with Gasteiger partial charge in [0.1, 0.15) is 0 Å². The van der Waals surface area contributed by atoms with E-state index in [4.69, 9.17) is 0 Å². The van der Waals surface area contributed by atoms with Crippen LogP contribution in [0.3, 0.4) is 0 Å². The number of carbonyl (C=O) groups excluding carboxylic acids is 2. The van der Waals surface area contributed by atoms with Crippen LogP contribution in [0.15, 0.2) is 12.2 Å². The summed E-state index contributed by atoms with van der Waals surface area (Å²) in [6, 6.07) is 0. The molecular weight excluding hydrogens is 140 g/mol. The third-order valence-electron chi connectivity index (χ3n) is 1.48. The zero-order valence-electron chi connectivity index (χ0n) is 7.14. The number of allylic oxidation sites excluding steroid dienone is 1. The maximum absolute atomic E-state index is 10.7. The van der Waals surface area contributed by atoms with Crippen LogP contribution in [0.1, 0.15) is 33.1 Å². The second kappa shape index (κ2) is 4.83. The summed E-state index contributed by atoms with van der Waals surface area (Å²) in [6.07, 6.45) is 1.71. The summed E-state index contributed by atoms with van der Waals surface area (Å²) in [5, 5.41) is 0. The molecule has 0 spiro atoms. The summed E-state index contributed by atoms with van der Waals surface area (Å²) in [5.41, 5.74) is 0.196. The number of hydrogen-bond donors (Lipinski definition) is 0. The van der Waals surface area contributed by atoms with Gasteiger partial charge >= 0.3 is 0 Å². The molecular formula is C9H14O2. The lowest BCUT2D eigenvalue weighted by Crippen LogP contribution is -2.17. The van der Waals surface area contributed by atoms with Crippen molar-refractivity contribution in [3.8, 4) is 0 Å². The van der Waals surface area contributed by atoms with Gasteiger partial charge in [-0.25, -0.2) is 0 Å². The van der Waals surface area contributed by atoms with E-state index in [-0.39, 0.29) is 17.1 Å². The lowest BCUT2D eigenvalue weighted by Gasteiger charge is -2.08. The number of carbonyl (C=O) groups is 2. The summed E-state index contributed by atoms with van der Waals surface area (Å²) in [6.45, 7) is 7.38. The van der Waals surface area contributed by atoms with Crippen molar-refractivity contribution < 1.29 is 9.59 Å². The molecule has 1 aliphatic rings. The van der Waals surface area contributed by atoms with Crippen molar-refractivity contribution >= 4 is 11.6 Å². The van der Waals surface area contributed by atoms with E-state index in [1.807, 2.05) is 13.8 Å². The molecule has 0 unspecified atom stereocenters. The maximum atomic E-state index is 10.7. The summed E-state index contributed by atoms with van der Waals surface area (Å²) in [5.74, 6) is -0.155. The topological polar surface area (TPSA) is 34.1 Å². The number of Topliss-reactive ketones (excluding diaryl/α,β-unsaturated/α-hetero) is 2. The van der Waals surface area contributed by atoms with Crippen LogP contribution in [0.25, 0.3) is 0 Å². The van der Waals surface area contributed by atoms with E-state index in [1.54, 1.807) is 0 Å². The standard InChI is InChI=1S/C7H8O2.C2H6/c1-5-6(8)3-2-4-7(5)9;1-2/h1-4H2;1-2H3. The van der Waals surface area contributed by atoms with Gasteiger partial charge in [0.15, 0.2) is 11.6 Å². The zero-order valence-corrected chi connectivity index (χ0v) is 7.14. The molecule has 0 aromatic heterocycles. The van der Waals surface area contributed by atoms with Crippen LogP contribution in [-0.2, 0) is 9.59 Å². The third kappa shape index (κ3) is 2.66. The Hall–Kier alpha value is -0.920. The van der Waals surface area contributed by atoms with E-state index in [0.29, 0.717) is 19.3 Å². The largest absolute Gasteiger partial charge is 0.294 e. The molecule has 0 aliphatic heterocycles. The molecule has 1 aliphatic carbocycles. The van der Waals surface area contributed by atoms with Crippen LogP contribution in [0.2, 0.25) is 0 Å². The van der Waals surface area contributed by atoms with Crippen LogP contribution < -0.4 is 0 Å². The Morgan fingerprint density at radius 1 is 1.09 bits per heavy atom. The van der Waals surface area contributed by atoms with Crippen molar-refractivity contribution in [1.29, 1.82) is 0 Å². The molecule has 62 valence electrons. The highest BCUT2D eigenvalue weighted by Gasteiger charge is 2.19. The first kappa shape index (κ1) is 10.1. The maximum Gasteiger partial charge on any atom is 0.165 e. The Morgan fingerprint density at radius 3 is 1.73 bits per heavy atom. The molecule has 1 rings (SSSR count). The Labute approximate surface area is 67.3 Å². The molecule has 0 amide bonds. The molecule has 0 saturated heterocycles. The van der Waals surface area contributed by atoms with Gasteiger partial charge in [0.2, 0.25) is 0 Å². The normalized spacial score (nSPS) is 17.5. The van der Waals surface area contributed by atoms with E-state index in [9.17, 15) is 9.59 Å². The monoisotopic (exact) mass is 154 g/mol. The van der Waals surface area contributed by atoms with Gasteiger partial charge < -0.3 is 0 Å². The lowest BCUT2D eigenvalue weighted by molar-refractivity contribution is -0.123. The fourth-order valence-corrected chi connectivity index (χ4v) is 0.867. The van der Waals surface area contributed by atoms with E-state index in [0.717, 1.165) is 0 Å². The van der Waals surface area contributed by atoms with Crippen LogP contribution in [0, 0.1) is 0 Å². The first-order valence-electron chi connectivity index (χ1n) is 3.97. The predicted octanol–water partition coefficient (Wildman–Crippen LogP) is 1.89. The molecule has 2 nitrogen and oxygen atoms in total. The third-order valence-corrected chi connectivity index (χ3v) is 1.48. The second-order valence-electron chi connectivity index (χ2n) is 2.18. The minimum atomic E-state index is -0.0775. The van der Waals surface area contributed by atoms with Crippen molar-refractivity contribution in [2.24, 2.45) is 0 Å². The molecule has 0 heterocycles. The number of rotatable bonds is 0. The Bertz CT molecular complexity index is 162. The fraction of sp³-hybridized carbons (Fsp3) is 0.556. The van der Waals surface area contributed by atoms with E-state index >= 15 is 0 Å². The van der Waals surface area contributed by atoms with E-state index < -0.39 is 0 Å². The molecule has 0 aromatic rings. The molecule has 0 bridgehead atoms. The van der Waals surface area contributed by atoms with E-state index in [2.05, 4.69) is 6.58 Å². The van der Waals surface area contributed by atoms with Crippen molar-refractivity contribution in [1.82, 2.24) is 0 Å². The van der Waals surface area contributed by atoms with Crippen molar-refractivity contribution in [3.63, 3.8) is 0 Å². The highest BCUT2D eigenvalue weighted by Crippen LogP contribution is 2.13. The van der Waals surface area contributed by atoms with Gasteiger partial charge in [-0.1, -0.05) is 20.4 Å². The molecule has 11 heavy (non-hydrogen) atoms. The second-order valence-corrected chi connectivity index (χ2v) is 2.18. The molecule has 2 heteroatoms. The van der Waals surface area contributed by atoms with Gasteiger partial charge in [0.25, 0.3) is 0 Å². The van der Waals surface area contributed by atoms with E-state index in [1.165, 1.54) is 0 Å². The Balaban J connectivity index is 0.000000461. The van der Waals surface area contributed by atoms with Crippen LogP contribution in [-0.4, -0.2) is 11.6 Å². The minimum absolute atomic E-state index is 0.0775. The van der Waals surface area contributed by atoms with Gasteiger partial charge in [-0.05, 0) is 6.42 Å². The molecule has 0 atom stereocenters. The van der Waals surface area contributed by atoms with Crippen molar-refractivity contribution in [3.05, 3.63) is 12.2 Å².